The molecule has 0 aliphatic rings. The number of nitrogens with zero attached hydrogens (tertiary/aromatic N) is 2. The first-order valence-corrected chi connectivity index (χ1v) is 8.89. The Bertz CT molecular complexity index is 1220. The predicted octanol–water partition coefficient (Wildman–Crippen LogP) is 5.28. The largest absolute Gasteiger partial charge is 0.496 e. The molecular formula is C21H14F3N3O4. The Morgan fingerprint density at radius 3 is 2.55 bits per heavy atom. The summed E-state index contributed by atoms with van der Waals surface area (Å²) in [4.78, 5) is 12.7. The molecule has 0 saturated carbocycles. The van der Waals surface area contributed by atoms with E-state index in [1.807, 2.05) is 0 Å². The van der Waals surface area contributed by atoms with Crippen LogP contribution in [0.5, 0.6) is 5.75 Å². The zero-order valence-corrected chi connectivity index (χ0v) is 15.9. The van der Waals surface area contributed by atoms with Gasteiger partial charge in [0.25, 0.3) is 11.8 Å². The number of aromatic nitrogens is 2. The Labute approximate surface area is 173 Å². The highest BCUT2D eigenvalue weighted by atomic mass is 19.4. The van der Waals surface area contributed by atoms with Crippen LogP contribution in [0.4, 0.5) is 18.9 Å². The summed E-state index contributed by atoms with van der Waals surface area (Å²) in [6.45, 7) is 0. The molecule has 0 saturated heterocycles. The van der Waals surface area contributed by atoms with Gasteiger partial charge in [-0.2, -0.15) is 13.2 Å². The van der Waals surface area contributed by atoms with Crippen molar-refractivity contribution >= 4 is 11.6 Å². The van der Waals surface area contributed by atoms with Gasteiger partial charge in [-0.1, -0.05) is 6.07 Å². The SMILES string of the molecule is COc1ccc(C(F)(F)F)cc1C(=O)Nc1cccc(-c2nnc(-c3ccco3)o2)c1. The van der Waals surface area contributed by atoms with E-state index in [0.29, 0.717) is 17.0 Å². The monoisotopic (exact) mass is 429 g/mol. The summed E-state index contributed by atoms with van der Waals surface area (Å²) >= 11 is 0. The van der Waals surface area contributed by atoms with Crippen LogP contribution in [0, 0.1) is 0 Å². The number of halogens is 3. The molecule has 0 atom stereocenters. The second-order valence-electron chi connectivity index (χ2n) is 6.34. The smallest absolute Gasteiger partial charge is 0.416 e. The van der Waals surface area contributed by atoms with Crippen molar-refractivity contribution in [3.8, 4) is 28.9 Å². The van der Waals surface area contributed by atoms with Gasteiger partial charge in [0.15, 0.2) is 5.76 Å². The molecule has 0 aliphatic heterocycles. The first-order valence-electron chi connectivity index (χ1n) is 8.89. The number of furan rings is 1. The molecule has 0 aliphatic carbocycles. The van der Waals surface area contributed by atoms with Gasteiger partial charge in [-0.15, -0.1) is 10.2 Å². The molecule has 1 N–H and O–H groups in total. The minimum absolute atomic E-state index is 0.0154. The summed E-state index contributed by atoms with van der Waals surface area (Å²) in [6.07, 6.45) is -3.12. The normalized spacial score (nSPS) is 11.4. The van der Waals surface area contributed by atoms with Crippen LogP contribution < -0.4 is 10.1 Å². The maximum absolute atomic E-state index is 13.0. The number of methoxy groups -OCH3 is 1. The fraction of sp³-hybridized carbons (Fsp3) is 0.0952. The van der Waals surface area contributed by atoms with Crippen LogP contribution in [-0.4, -0.2) is 23.2 Å². The second-order valence-corrected chi connectivity index (χ2v) is 6.34. The molecule has 10 heteroatoms. The highest BCUT2D eigenvalue weighted by Crippen LogP contribution is 2.33. The number of hydrogen-bond acceptors (Lipinski definition) is 6. The van der Waals surface area contributed by atoms with E-state index < -0.39 is 17.6 Å². The van der Waals surface area contributed by atoms with Crippen molar-refractivity contribution in [1.82, 2.24) is 10.2 Å². The first kappa shape index (κ1) is 20.2. The number of benzene rings is 2. The lowest BCUT2D eigenvalue weighted by molar-refractivity contribution is -0.137. The molecule has 4 rings (SSSR count). The molecule has 2 aromatic heterocycles. The third-order valence-electron chi connectivity index (χ3n) is 4.30. The molecule has 158 valence electrons. The average molecular weight is 429 g/mol. The third kappa shape index (κ3) is 4.27. The number of rotatable bonds is 5. The maximum atomic E-state index is 13.0. The standard InChI is InChI=1S/C21H14F3N3O4/c1-29-16-8-7-13(21(22,23)24)11-15(16)18(28)25-14-5-2-4-12(10-14)19-26-27-20(31-19)17-6-3-9-30-17/h2-11H,1H3,(H,25,28). The zero-order valence-electron chi connectivity index (χ0n) is 15.9. The Kier molecular flexibility index (Phi) is 5.20. The Morgan fingerprint density at radius 1 is 1.03 bits per heavy atom. The van der Waals surface area contributed by atoms with Gasteiger partial charge in [0.05, 0.1) is 24.5 Å². The molecule has 1 amide bonds. The van der Waals surface area contributed by atoms with Crippen LogP contribution >= 0.6 is 0 Å². The highest BCUT2D eigenvalue weighted by molar-refractivity contribution is 6.06. The molecule has 31 heavy (non-hydrogen) atoms. The molecule has 0 fully saturated rings. The van der Waals surface area contributed by atoms with Crippen molar-refractivity contribution in [1.29, 1.82) is 0 Å². The van der Waals surface area contributed by atoms with Crippen LogP contribution in [0.25, 0.3) is 23.1 Å². The lowest BCUT2D eigenvalue weighted by Crippen LogP contribution is -2.15. The topological polar surface area (TPSA) is 90.4 Å². The minimum atomic E-state index is -4.59. The van der Waals surface area contributed by atoms with E-state index in [-0.39, 0.29) is 23.1 Å². The summed E-state index contributed by atoms with van der Waals surface area (Å²) in [7, 11) is 1.27. The van der Waals surface area contributed by atoms with Gasteiger partial charge in [0, 0.05) is 11.3 Å². The van der Waals surface area contributed by atoms with Crippen LogP contribution in [-0.2, 0) is 6.18 Å². The van der Waals surface area contributed by atoms with Crippen molar-refractivity contribution in [2.24, 2.45) is 0 Å². The molecule has 0 unspecified atom stereocenters. The van der Waals surface area contributed by atoms with E-state index in [1.165, 1.54) is 13.4 Å². The lowest BCUT2D eigenvalue weighted by atomic mass is 10.1. The Balaban J connectivity index is 1.59. The van der Waals surface area contributed by atoms with Crippen molar-refractivity contribution < 1.29 is 31.5 Å². The van der Waals surface area contributed by atoms with Gasteiger partial charge < -0.3 is 18.9 Å². The lowest BCUT2D eigenvalue weighted by Gasteiger charge is -2.13. The fourth-order valence-electron chi connectivity index (χ4n) is 2.83. The number of anilines is 1. The second kappa shape index (κ2) is 7.98. The quantitative estimate of drug-likeness (QED) is 0.464. The highest BCUT2D eigenvalue weighted by Gasteiger charge is 2.32. The predicted molar refractivity (Wildman–Crippen MR) is 103 cm³/mol. The molecule has 7 nitrogen and oxygen atoms in total. The summed E-state index contributed by atoms with van der Waals surface area (Å²) in [5.74, 6) is 0.0192. The van der Waals surface area contributed by atoms with Gasteiger partial charge in [-0.3, -0.25) is 4.79 Å². The third-order valence-corrected chi connectivity index (χ3v) is 4.30. The van der Waals surface area contributed by atoms with E-state index in [1.54, 1.807) is 36.4 Å². The van der Waals surface area contributed by atoms with Crippen molar-refractivity contribution in [2.75, 3.05) is 12.4 Å². The van der Waals surface area contributed by atoms with Crippen molar-refractivity contribution in [2.45, 2.75) is 6.18 Å². The number of amides is 1. The van der Waals surface area contributed by atoms with Crippen LogP contribution in [0.2, 0.25) is 0 Å². The average Bonchev–Trinajstić information content (AvgIpc) is 3.44. The Hall–Kier alpha value is -4.08. The molecule has 0 radical (unpaired) electrons. The van der Waals surface area contributed by atoms with Gasteiger partial charge in [0.1, 0.15) is 5.75 Å². The summed E-state index contributed by atoms with van der Waals surface area (Å²) in [6, 6.07) is 12.5. The number of ether oxygens (including phenoxy) is 1. The van der Waals surface area contributed by atoms with Gasteiger partial charge in [0.2, 0.25) is 5.89 Å². The van der Waals surface area contributed by atoms with Gasteiger partial charge in [-0.05, 0) is 48.5 Å². The summed E-state index contributed by atoms with van der Waals surface area (Å²) in [5, 5.41) is 10.4. The number of alkyl halides is 3. The number of nitrogens with one attached hydrogen (secondary N) is 1. The van der Waals surface area contributed by atoms with E-state index in [0.717, 1.165) is 18.2 Å². The first-order chi connectivity index (χ1) is 14.8. The summed E-state index contributed by atoms with van der Waals surface area (Å²) < 4.78 is 54.9. The number of carbonyl (C=O) groups is 1. The fourth-order valence-corrected chi connectivity index (χ4v) is 2.83. The number of carbonyl (C=O) groups excluding carboxylic acids is 1. The molecule has 0 spiro atoms. The van der Waals surface area contributed by atoms with Gasteiger partial charge in [-0.25, -0.2) is 0 Å². The molecule has 0 bridgehead atoms. The zero-order chi connectivity index (χ0) is 22.0. The van der Waals surface area contributed by atoms with E-state index in [2.05, 4.69) is 15.5 Å². The molecule has 2 aromatic carbocycles. The minimum Gasteiger partial charge on any atom is -0.496 e. The van der Waals surface area contributed by atoms with Gasteiger partial charge >= 0.3 is 6.18 Å². The molecular weight excluding hydrogens is 415 g/mol. The Morgan fingerprint density at radius 2 is 1.84 bits per heavy atom. The van der Waals surface area contributed by atoms with Crippen molar-refractivity contribution in [3.63, 3.8) is 0 Å². The van der Waals surface area contributed by atoms with Crippen LogP contribution in [0.15, 0.2) is 69.7 Å². The van der Waals surface area contributed by atoms with E-state index in [4.69, 9.17) is 13.6 Å². The molecule has 4 aromatic rings. The molecule has 2 heterocycles. The van der Waals surface area contributed by atoms with Crippen molar-refractivity contribution in [3.05, 3.63) is 72.0 Å². The number of hydrogen-bond donors (Lipinski definition) is 1. The van der Waals surface area contributed by atoms with Crippen LogP contribution in [0.3, 0.4) is 0 Å². The maximum Gasteiger partial charge on any atom is 0.416 e. The summed E-state index contributed by atoms with van der Waals surface area (Å²) in [5.41, 5.74) is -0.386. The van der Waals surface area contributed by atoms with E-state index >= 15 is 0 Å². The van der Waals surface area contributed by atoms with Crippen LogP contribution in [0.1, 0.15) is 15.9 Å². The van der Waals surface area contributed by atoms with E-state index in [9.17, 15) is 18.0 Å².